The fraction of sp³-hybridized carbons (Fsp3) is 0.100. The van der Waals surface area contributed by atoms with Crippen LogP contribution in [0.1, 0.15) is 5.56 Å². The SMILES string of the molecule is C=CCc1ccccc1.NC=O. The second-order valence-electron chi connectivity index (χ2n) is 2.11. The Bertz CT molecular complexity index is 219. The van der Waals surface area contributed by atoms with Gasteiger partial charge in [-0.2, -0.15) is 0 Å². The summed E-state index contributed by atoms with van der Waals surface area (Å²) in [7, 11) is 0. The van der Waals surface area contributed by atoms with Gasteiger partial charge in [0.15, 0.2) is 0 Å². The van der Waals surface area contributed by atoms with E-state index in [1.165, 1.54) is 5.56 Å². The van der Waals surface area contributed by atoms with Crippen LogP contribution in [-0.4, -0.2) is 6.41 Å². The molecule has 1 aromatic rings. The van der Waals surface area contributed by atoms with Crippen molar-refractivity contribution in [2.75, 3.05) is 0 Å². The molecule has 1 rings (SSSR count). The highest BCUT2D eigenvalue weighted by Crippen LogP contribution is 1.98. The Morgan fingerprint density at radius 2 is 1.83 bits per heavy atom. The van der Waals surface area contributed by atoms with Crippen molar-refractivity contribution in [1.82, 2.24) is 0 Å². The van der Waals surface area contributed by atoms with Crippen LogP contribution in [0.4, 0.5) is 0 Å². The zero-order chi connectivity index (χ0) is 9.23. The molecule has 0 saturated heterocycles. The third-order valence-corrected chi connectivity index (χ3v) is 1.22. The monoisotopic (exact) mass is 163 g/mol. The fourth-order valence-corrected chi connectivity index (χ4v) is 0.781. The minimum Gasteiger partial charge on any atom is -0.372 e. The van der Waals surface area contributed by atoms with Crippen LogP contribution in [0.15, 0.2) is 43.0 Å². The molecule has 0 atom stereocenters. The predicted molar refractivity (Wildman–Crippen MR) is 50.6 cm³/mol. The molecule has 0 radical (unpaired) electrons. The largest absolute Gasteiger partial charge is 0.372 e. The van der Waals surface area contributed by atoms with Gasteiger partial charge >= 0.3 is 0 Å². The van der Waals surface area contributed by atoms with Crippen molar-refractivity contribution < 1.29 is 4.79 Å². The maximum atomic E-state index is 8.58. The van der Waals surface area contributed by atoms with Crippen LogP contribution in [0.5, 0.6) is 0 Å². The van der Waals surface area contributed by atoms with Crippen molar-refractivity contribution >= 4 is 6.41 Å². The number of hydrogen-bond donors (Lipinski definition) is 1. The van der Waals surface area contributed by atoms with E-state index in [-0.39, 0.29) is 6.41 Å². The number of amides is 1. The van der Waals surface area contributed by atoms with E-state index in [9.17, 15) is 0 Å². The van der Waals surface area contributed by atoms with Gasteiger partial charge in [-0.3, -0.25) is 4.79 Å². The molecule has 0 bridgehead atoms. The van der Waals surface area contributed by atoms with Crippen molar-refractivity contribution in [3.63, 3.8) is 0 Å². The van der Waals surface area contributed by atoms with E-state index in [4.69, 9.17) is 4.79 Å². The molecule has 0 aliphatic carbocycles. The molecule has 64 valence electrons. The first-order valence-electron chi connectivity index (χ1n) is 3.65. The lowest BCUT2D eigenvalue weighted by molar-refractivity contribution is -0.106. The highest BCUT2D eigenvalue weighted by Gasteiger charge is 1.82. The van der Waals surface area contributed by atoms with Crippen molar-refractivity contribution in [2.45, 2.75) is 6.42 Å². The Labute approximate surface area is 72.7 Å². The molecule has 0 aromatic heterocycles. The molecule has 0 spiro atoms. The average molecular weight is 163 g/mol. The molecule has 1 aromatic carbocycles. The van der Waals surface area contributed by atoms with Gasteiger partial charge in [-0.25, -0.2) is 0 Å². The van der Waals surface area contributed by atoms with E-state index in [1.807, 2.05) is 24.3 Å². The molecule has 12 heavy (non-hydrogen) atoms. The molecule has 0 aliphatic heterocycles. The number of primary amides is 1. The van der Waals surface area contributed by atoms with Crippen LogP contribution < -0.4 is 5.73 Å². The van der Waals surface area contributed by atoms with Gasteiger partial charge in [0.1, 0.15) is 0 Å². The Hall–Kier alpha value is -1.57. The lowest BCUT2D eigenvalue weighted by Crippen LogP contribution is -1.82. The topological polar surface area (TPSA) is 43.1 Å². The molecule has 0 unspecified atom stereocenters. The quantitative estimate of drug-likeness (QED) is 0.521. The third kappa shape index (κ3) is 5.23. The van der Waals surface area contributed by atoms with Gasteiger partial charge in [0, 0.05) is 0 Å². The summed E-state index contributed by atoms with van der Waals surface area (Å²) < 4.78 is 0. The number of rotatable bonds is 2. The summed E-state index contributed by atoms with van der Waals surface area (Å²) in [6, 6.07) is 10.3. The lowest BCUT2D eigenvalue weighted by Gasteiger charge is -1.91. The maximum Gasteiger partial charge on any atom is 0.204 e. The standard InChI is InChI=1S/C9H10.CH3NO/c1-2-6-9-7-4-3-5-8-9;2-1-3/h2-5,7-8H,1,6H2;1H,(H2,2,3). The second kappa shape index (κ2) is 7.54. The number of benzene rings is 1. The number of carbonyl (C=O) groups is 1. The van der Waals surface area contributed by atoms with E-state index >= 15 is 0 Å². The van der Waals surface area contributed by atoms with Crippen LogP contribution in [-0.2, 0) is 11.2 Å². The van der Waals surface area contributed by atoms with Crippen molar-refractivity contribution in [2.24, 2.45) is 5.73 Å². The minimum atomic E-state index is 0.250. The number of nitrogens with two attached hydrogens (primary N) is 1. The smallest absolute Gasteiger partial charge is 0.204 e. The van der Waals surface area contributed by atoms with Crippen LogP contribution in [0.3, 0.4) is 0 Å². The van der Waals surface area contributed by atoms with Gasteiger partial charge in [-0.05, 0) is 12.0 Å². The molecule has 2 nitrogen and oxygen atoms in total. The fourth-order valence-electron chi connectivity index (χ4n) is 0.781. The molecule has 0 fully saturated rings. The molecular weight excluding hydrogens is 150 g/mol. The van der Waals surface area contributed by atoms with E-state index < -0.39 is 0 Å². The zero-order valence-electron chi connectivity index (χ0n) is 6.94. The van der Waals surface area contributed by atoms with Crippen molar-refractivity contribution in [3.05, 3.63) is 48.6 Å². The summed E-state index contributed by atoms with van der Waals surface area (Å²) in [6.45, 7) is 3.66. The molecule has 1 amide bonds. The van der Waals surface area contributed by atoms with E-state index in [0.29, 0.717) is 0 Å². The highest BCUT2D eigenvalue weighted by atomic mass is 16.1. The predicted octanol–water partition coefficient (Wildman–Crippen LogP) is 1.52. The van der Waals surface area contributed by atoms with Crippen molar-refractivity contribution in [1.29, 1.82) is 0 Å². The first-order valence-corrected chi connectivity index (χ1v) is 3.65. The highest BCUT2D eigenvalue weighted by molar-refractivity contribution is 5.42. The molecular formula is C10H13NO. The number of allylic oxidation sites excluding steroid dienone is 1. The van der Waals surface area contributed by atoms with Gasteiger partial charge < -0.3 is 5.73 Å². The van der Waals surface area contributed by atoms with E-state index in [0.717, 1.165) is 6.42 Å². The molecule has 0 heterocycles. The molecule has 2 N–H and O–H groups in total. The van der Waals surface area contributed by atoms with E-state index in [1.54, 1.807) is 0 Å². The van der Waals surface area contributed by atoms with Crippen LogP contribution in [0.25, 0.3) is 0 Å². The summed E-state index contributed by atoms with van der Waals surface area (Å²) in [5.41, 5.74) is 5.49. The zero-order valence-corrected chi connectivity index (χ0v) is 6.94. The molecule has 0 aliphatic rings. The summed E-state index contributed by atoms with van der Waals surface area (Å²) in [6.07, 6.45) is 3.14. The van der Waals surface area contributed by atoms with Gasteiger partial charge in [0.05, 0.1) is 0 Å². The van der Waals surface area contributed by atoms with Crippen LogP contribution in [0.2, 0.25) is 0 Å². The maximum absolute atomic E-state index is 8.58. The number of carbonyl (C=O) groups excluding carboxylic acids is 1. The number of hydrogen-bond acceptors (Lipinski definition) is 1. The van der Waals surface area contributed by atoms with Gasteiger partial charge in [-0.1, -0.05) is 36.4 Å². The van der Waals surface area contributed by atoms with Crippen LogP contribution in [0, 0.1) is 0 Å². The Kier molecular flexibility index (Phi) is 6.55. The summed E-state index contributed by atoms with van der Waals surface area (Å²) in [5, 5.41) is 0. The van der Waals surface area contributed by atoms with Crippen molar-refractivity contribution in [3.8, 4) is 0 Å². The summed E-state index contributed by atoms with van der Waals surface area (Å²) in [4.78, 5) is 8.58. The lowest BCUT2D eigenvalue weighted by atomic mass is 10.2. The Morgan fingerprint density at radius 1 is 1.33 bits per heavy atom. The van der Waals surface area contributed by atoms with Gasteiger partial charge in [0.2, 0.25) is 6.41 Å². The normalized spacial score (nSPS) is 7.67. The van der Waals surface area contributed by atoms with Gasteiger partial charge in [-0.15, -0.1) is 6.58 Å². The average Bonchev–Trinajstić information content (AvgIpc) is 2.08. The summed E-state index contributed by atoms with van der Waals surface area (Å²) in [5.74, 6) is 0. The third-order valence-electron chi connectivity index (χ3n) is 1.22. The second-order valence-corrected chi connectivity index (χ2v) is 2.11. The summed E-state index contributed by atoms with van der Waals surface area (Å²) >= 11 is 0. The van der Waals surface area contributed by atoms with E-state index in [2.05, 4.69) is 24.4 Å². The van der Waals surface area contributed by atoms with Crippen LogP contribution >= 0.6 is 0 Å². The molecule has 2 heteroatoms. The Balaban J connectivity index is 0.000000354. The first-order chi connectivity index (χ1) is 5.85. The molecule has 0 saturated carbocycles. The minimum absolute atomic E-state index is 0.250. The first kappa shape index (κ1) is 10.4. The van der Waals surface area contributed by atoms with Gasteiger partial charge in [0.25, 0.3) is 0 Å². The Morgan fingerprint density at radius 3 is 2.25 bits per heavy atom.